The van der Waals surface area contributed by atoms with E-state index < -0.39 is 11.8 Å². The summed E-state index contributed by atoms with van der Waals surface area (Å²) >= 11 is 0. The van der Waals surface area contributed by atoms with E-state index in [0.29, 0.717) is 16.3 Å². The number of esters is 1. The summed E-state index contributed by atoms with van der Waals surface area (Å²) in [5.41, 5.74) is 0.265. The van der Waals surface area contributed by atoms with Crippen molar-refractivity contribution in [2.45, 2.75) is 6.61 Å². The maximum absolute atomic E-state index is 13.7. The van der Waals surface area contributed by atoms with Crippen molar-refractivity contribution in [1.29, 1.82) is 0 Å². The third-order valence-corrected chi connectivity index (χ3v) is 3.80. The number of halogens is 1. The highest BCUT2D eigenvalue weighted by atomic mass is 19.1. The first-order valence-corrected chi connectivity index (χ1v) is 7.44. The number of phenols is 2. The van der Waals surface area contributed by atoms with Crippen LogP contribution in [0.1, 0.15) is 15.9 Å². The average molecular weight is 342 g/mol. The molecule has 0 spiro atoms. The molecule has 3 rings (SSSR count). The van der Waals surface area contributed by atoms with Crippen LogP contribution >= 0.6 is 0 Å². The first-order valence-electron chi connectivity index (χ1n) is 7.44. The predicted octanol–water partition coefficient (Wildman–Crippen LogP) is 3.76. The lowest BCUT2D eigenvalue weighted by Crippen LogP contribution is -2.06. The van der Waals surface area contributed by atoms with Crippen LogP contribution in [0.4, 0.5) is 4.39 Å². The molecule has 0 aliphatic rings. The van der Waals surface area contributed by atoms with Gasteiger partial charge in [0.25, 0.3) is 0 Å². The number of hydrogen-bond acceptors (Lipinski definition) is 5. The largest absolute Gasteiger partial charge is 0.507 e. The lowest BCUT2D eigenvalue weighted by molar-refractivity contribution is 0.0469. The summed E-state index contributed by atoms with van der Waals surface area (Å²) in [5, 5.41) is 21.1. The van der Waals surface area contributed by atoms with Crippen molar-refractivity contribution in [1.82, 2.24) is 0 Å². The lowest BCUT2D eigenvalue weighted by atomic mass is 10.0. The highest BCUT2D eigenvalue weighted by Gasteiger charge is 2.18. The molecule has 0 saturated carbocycles. The summed E-state index contributed by atoms with van der Waals surface area (Å²) in [6.07, 6.45) is 0. The van der Waals surface area contributed by atoms with Crippen LogP contribution in [0.2, 0.25) is 0 Å². The molecule has 0 radical (unpaired) electrons. The average Bonchev–Trinajstić information content (AvgIpc) is 2.63. The van der Waals surface area contributed by atoms with Gasteiger partial charge >= 0.3 is 5.97 Å². The number of benzene rings is 3. The van der Waals surface area contributed by atoms with Crippen LogP contribution in [0.3, 0.4) is 0 Å². The third kappa shape index (κ3) is 3.19. The van der Waals surface area contributed by atoms with Gasteiger partial charge in [0.15, 0.2) is 11.6 Å². The molecule has 0 saturated heterocycles. The van der Waals surface area contributed by atoms with E-state index in [-0.39, 0.29) is 29.4 Å². The molecule has 6 heteroatoms. The van der Waals surface area contributed by atoms with Gasteiger partial charge in [0.2, 0.25) is 0 Å². The van der Waals surface area contributed by atoms with Gasteiger partial charge < -0.3 is 19.7 Å². The van der Waals surface area contributed by atoms with Crippen LogP contribution in [-0.4, -0.2) is 23.3 Å². The second kappa shape index (κ2) is 6.68. The highest BCUT2D eigenvalue weighted by molar-refractivity contribution is 6.03. The van der Waals surface area contributed by atoms with Gasteiger partial charge in [-0.15, -0.1) is 0 Å². The minimum Gasteiger partial charge on any atom is -0.507 e. The molecule has 3 aromatic rings. The second-order valence-corrected chi connectivity index (χ2v) is 5.38. The number of carbonyl (C=O) groups excluding carboxylic acids is 1. The van der Waals surface area contributed by atoms with Crippen molar-refractivity contribution in [2.24, 2.45) is 0 Å². The van der Waals surface area contributed by atoms with E-state index in [1.807, 2.05) is 0 Å². The molecule has 0 aromatic heterocycles. The number of aromatic hydroxyl groups is 2. The zero-order chi connectivity index (χ0) is 18.0. The zero-order valence-electron chi connectivity index (χ0n) is 13.3. The van der Waals surface area contributed by atoms with Crippen molar-refractivity contribution < 1.29 is 28.9 Å². The van der Waals surface area contributed by atoms with Crippen LogP contribution in [0.5, 0.6) is 17.2 Å². The fourth-order valence-corrected chi connectivity index (χ4v) is 2.52. The Kier molecular flexibility index (Phi) is 4.43. The minimum atomic E-state index is -0.824. The number of carbonyl (C=O) groups is 1. The standard InChI is InChI=1S/C19H15FO5/c1-24-17-7-6-11(8-15(17)20)10-25-19(23)14-9-16(21)12-4-2-3-5-13(12)18(14)22/h2-9,21-22H,10H2,1H3. The SMILES string of the molecule is COc1ccc(COC(=O)c2cc(O)c3ccccc3c2O)cc1F. The summed E-state index contributed by atoms with van der Waals surface area (Å²) in [4.78, 5) is 12.2. The Morgan fingerprint density at radius 3 is 2.48 bits per heavy atom. The highest BCUT2D eigenvalue weighted by Crippen LogP contribution is 2.35. The van der Waals surface area contributed by atoms with Crippen molar-refractivity contribution in [3.05, 3.63) is 65.5 Å². The Labute approximate surface area is 142 Å². The lowest BCUT2D eigenvalue weighted by Gasteiger charge is -2.10. The van der Waals surface area contributed by atoms with Crippen LogP contribution in [0.15, 0.2) is 48.5 Å². The fourth-order valence-electron chi connectivity index (χ4n) is 2.52. The van der Waals surface area contributed by atoms with E-state index in [1.54, 1.807) is 30.3 Å². The molecular formula is C19H15FO5. The maximum atomic E-state index is 13.7. The van der Waals surface area contributed by atoms with E-state index in [9.17, 15) is 19.4 Å². The van der Waals surface area contributed by atoms with Crippen LogP contribution < -0.4 is 4.74 Å². The van der Waals surface area contributed by atoms with Gasteiger partial charge in [0.1, 0.15) is 23.7 Å². The molecule has 0 bridgehead atoms. The van der Waals surface area contributed by atoms with E-state index >= 15 is 0 Å². The van der Waals surface area contributed by atoms with Gasteiger partial charge in [0.05, 0.1) is 7.11 Å². The van der Waals surface area contributed by atoms with E-state index in [4.69, 9.17) is 9.47 Å². The van der Waals surface area contributed by atoms with Crippen molar-refractivity contribution >= 4 is 16.7 Å². The summed E-state index contributed by atoms with van der Waals surface area (Å²) in [7, 11) is 1.35. The van der Waals surface area contributed by atoms with Crippen LogP contribution in [-0.2, 0) is 11.3 Å². The molecule has 0 unspecified atom stereocenters. The fraction of sp³-hybridized carbons (Fsp3) is 0.105. The number of ether oxygens (including phenoxy) is 2. The quantitative estimate of drug-likeness (QED) is 0.558. The zero-order valence-corrected chi connectivity index (χ0v) is 13.3. The molecule has 0 aliphatic carbocycles. The molecule has 5 nitrogen and oxygen atoms in total. The summed E-state index contributed by atoms with van der Waals surface area (Å²) in [6.45, 7) is -0.188. The second-order valence-electron chi connectivity index (χ2n) is 5.38. The molecule has 2 N–H and O–H groups in total. The molecule has 0 fully saturated rings. The molecule has 0 aliphatic heterocycles. The molecule has 25 heavy (non-hydrogen) atoms. The maximum Gasteiger partial charge on any atom is 0.342 e. The number of fused-ring (bicyclic) bond motifs is 1. The Balaban J connectivity index is 1.83. The van der Waals surface area contributed by atoms with Gasteiger partial charge in [-0.3, -0.25) is 0 Å². The number of hydrogen-bond donors (Lipinski definition) is 2. The van der Waals surface area contributed by atoms with Gasteiger partial charge in [-0.2, -0.15) is 0 Å². The number of rotatable bonds is 4. The van der Waals surface area contributed by atoms with Gasteiger partial charge in [-0.05, 0) is 23.8 Å². The number of methoxy groups -OCH3 is 1. The van der Waals surface area contributed by atoms with Crippen molar-refractivity contribution in [2.75, 3.05) is 7.11 Å². The van der Waals surface area contributed by atoms with E-state index in [2.05, 4.69) is 0 Å². The molecule has 0 amide bonds. The van der Waals surface area contributed by atoms with Crippen LogP contribution in [0, 0.1) is 5.82 Å². The summed E-state index contributed by atoms with van der Waals surface area (Å²) in [5.74, 6) is -1.72. The normalized spacial score (nSPS) is 10.6. The van der Waals surface area contributed by atoms with Gasteiger partial charge in [-0.25, -0.2) is 9.18 Å². The van der Waals surface area contributed by atoms with Gasteiger partial charge in [-0.1, -0.05) is 30.3 Å². The van der Waals surface area contributed by atoms with Crippen LogP contribution in [0.25, 0.3) is 10.8 Å². The van der Waals surface area contributed by atoms with Crippen molar-refractivity contribution in [3.8, 4) is 17.2 Å². The Morgan fingerprint density at radius 2 is 1.80 bits per heavy atom. The van der Waals surface area contributed by atoms with Crippen molar-refractivity contribution in [3.63, 3.8) is 0 Å². The molecule has 3 aromatic carbocycles. The smallest absolute Gasteiger partial charge is 0.342 e. The summed E-state index contributed by atoms with van der Waals surface area (Å²) < 4.78 is 23.6. The molecule has 0 heterocycles. The minimum absolute atomic E-state index is 0.0900. The molecular weight excluding hydrogens is 327 g/mol. The van der Waals surface area contributed by atoms with E-state index in [1.165, 1.54) is 19.2 Å². The Morgan fingerprint density at radius 1 is 1.08 bits per heavy atom. The van der Waals surface area contributed by atoms with Gasteiger partial charge in [0, 0.05) is 10.8 Å². The first-order chi connectivity index (χ1) is 12.0. The predicted molar refractivity (Wildman–Crippen MR) is 89.3 cm³/mol. The Bertz CT molecular complexity index is 952. The monoisotopic (exact) mass is 342 g/mol. The first kappa shape index (κ1) is 16.6. The number of phenolic OH excluding ortho intramolecular Hbond substituents is 2. The molecule has 0 atom stereocenters. The molecule has 128 valence electrons. The third-order valence-electron chi connectivity index (χ3n) is 3.80. The Hall–Kier alpha value is -3.28. The summed E-state index contributed by atoms with van der Waals surface area (Å²) in [6, 6.07) is 11.9. The topological polar surface area (TPSA) is 76.0 Å². The van der Waals surface area contributed by atoms with E-state index in [0.717, 1.165) is 6.07 Å².